The third-order valence-corrected chi connectivity index (χ3v) is 10.9. The van der Waals surface area contributed by atoms with Crippen molar-refractivity contribution in [2.45, 2.75) is 84.8 Å². The number of aryl methyl sites for hydroxylation is 3. The third-order valence-electron chi connectivity index (χ3n) is 10.9. The molecular formula is C45H50N8O2. The van der Waals surface area contributed by atoms with Gasteiger partial charge < -0.3 is 15.6 Å². The number of hydrogen-bond acceptors (Lipinski definition) is 7. The highest BCUT2D eigenvalue weighted by Crippen LogP contribution is 2.41. The zero-order valence-corrected chi connectivity index (χ0v) is 32.6. The van der Waals surface area contributed by atoms with Gasteiger partial charge in [0.2, 0.25) is 0 Å². The van der Waals surface area contributed by atoms with Crippen molar-refractivity contribution in [1.82, 2.24) is 40.5 Å². The highest BCUT2D eigenvalue weighted by Gasteiger charge is 2.35. The van der Waals surface area contributed by atoms with Gasteiger partial charge in [0.1, 0.15) is 17.7 Å². The molecule has 1 saturated heterocycles. The summed E-state index contributed by atoms with van der Waals surface area (Å²) in [6.45, 7) is 14.2. The predicted molar refractivity (Wildman–Crippen MR) is 217 cm³/mol. The molecule has 0 radical (unpaired) electrons. The molecular weight excluding hydrogens is 685 g/mol. The average Bonchev–Trinajstić information content (AvgIpc) is 3.63. The van der Waals surface area contributed by atoms with Crippen molar-refractivity contribution in [3.05, 3.63) is 142 Å². The van der Waals surface area contributed by atoms with Crippen molar-refractivity contribution in [2.75, 3.05) is 13.1 Å². The van der Waals surface area contributed by atoms with Crippen molar-refractivity contribution in [2.24, 2.45) is 0 Å². The fraction of sp³-hybridized carbons (Fsp3) is 0.333. The van der Waals surface area contributed by atoms with Crippen molar-refractivity contribution in [1.29, 1.82) is 0 Å². The Hall–Kier alpha value is -5.74. The fourth-order valence-electron chi connectivity index (χ4n) is 7.77. The number of fused-ring (bicyclic) bond motifs is 1. The first-order chi connectivity index (χ1) is 26.5. The Morgan fingerprint density at radius 3 is 2.07 bits per heavy atom. The van der Waals surface area contributed by atoms with Gasteiger partial charge >= 0.3 is 0 Å². The number of rotatable bonds is 10. The van der Waals surface area contributed by atoms with Gasteiger partial charge in [0, 0.05) is 48.5 Å². The Balaban J connectivity index is 1.04. The van der Waals surface area contributed by atoms with Crippen molar-refractivity contribution < 1.29 is 9.59 Å². The van der Waals surface area contributed by atoms with Crippen LogP contribution < -0.4 is 10.6 Å². The van der Waals surface area contributed by atoms with E-state index in [1.54, 1.807) is 0 Å². The molecule has 1 aliphatic heterocycles. The minimum Gasteiger partial charge on any atom is -0.349 e. The van der Waals surface area contributed by atoms with Crippen LogP contribution in [-0.4, -0.2) is 54.7 Å². The van der Waals surface area contributed by atoms with Gasteiger partial charge in [-0.25, -0.2) is 9.97 Å². The van der Waals surface area contributed by atoms with E-state index in [0.717, 1.165) is 58.4 Å². The number of pyridine rings is 2. The number of likely N-dealkylation sites (tertiary alicyclic amines) is 1. The summed E-state index contributed by atoms with van der Waals surface area (Å²) in [5.41, 5.74) is 11.1. The van der Waals surface area contributed by atoms with E-state index < -0.39 is 0 Å². The minimum absolute atomic E-state index is 0.0279. The molecule has 55 heavy (non-hydrogen) atoms. The van der Waals surface area contributed by atoms with Crippen LogP contribution in [0.2, 0.25) is 0 Å². The monoisotopic (exact) mass is 734 g/mol. The quantitative estimate of drug-likeness (QED) is 0.129. The molecule has 6 aromatic rings. The predicted octanol–water partition coefficient (Wildman–Crippen LogP) is 8.27. The lowest BCUT2D eigenvalue weighted by Gasteiger charge is -2.42. The van der Waals surface area contributed by atoms with E-state index in [2.05, 4.69) is 83.3 Å². The van der Waals surface area contributed by atoms with Gasteiger partial charge in [-0.1, -0.05) is 57.2 Å². The summed E-state index contributed by atoms with van der Waals surface area (Å²) < 4.78 is 0. The summed E-state index contributed by atoms with van der Waals surface area (Å²) >= 11 is 0. The van der Waals surface area contributed by atoms with Gasteiger partial charge in [-0.2, -0.15) is 0 Å². The van der Waals surface area contributed by atoms with E-state index in [9.17, 15) is 9.59 Å². The molecule has 2 aromatic carbocycles. The summed E-state index contributed by atoms with van der Waals surface area (Å²) in [6.07, 6.45) is 8.33. The molecule has 0 aliphatic carbocycles. The maximum absolute atomic E-state index is 13.6. The van der Waals surface area contributed by atoms with Gasteiger partial charge in [-0.3, -0.25) is 24.5 Å². The molecule has 4 aromatic heterocycles. The van der Waals surface area contributed by atoms with Crippen LogP contribution in [0.1, 0.15) is 112 Å². The maximum Gasteiger partial charge on any atom is 0.267 e. The molecule has 0 spiro atoms. The first kappa shape index (κ1) is 37.6. The smallest absolute Gasteiger partial charge is 0.267 e. The summed E-state index contributed by atoms with van der Waals surface area (Å²) in [5, 5.41) is 6.99. The van der Waals surface area contributed by atoms with Gasteiger partial charge in [0.15, 0.2) is 0 Å². The first-order valence-electron chi connectivity index (χ1n) is 19.2. The van der Waals surface area contributed by atoms with Crippen LogP contribution in [0, 0.1) is 20.8 Å². The van der Waals surface area contributed by atoms with Gasteiger partial charge in [-0.15, -0.1) is 0 Å². The van der Waals surface area contributed by atoms with Crippen molar-refractivity contribution >= 4 is 22.8 Å². The largest absolute Gasteiger partial charge is 0.349 e. The van der Waals surface area contributed by atoms with Gasteiger partial charge in [0.25, 0.3) is 11.8 Å². The molecule has 3 N–H and O–H groups in total. The van der Waals surface area contributed by atoms with E-state index in [0.29, 0.717) is 36.5 Å². The van der Waals surface area contributed by atoms with Crippen molar-refractivity contribution in [3.63, 3.8) is 0 Å². The third kappa shape index (κ3) is 8.19. The summed E-state index contributed by atoms with van der Waals surface area (Å²) in [6, 6.07) is 24.2. The Morgan fingerprint density at radius 1 is 0.782 bits per heavy atom. The molecule has 1 unspecified atom stereocenters. The van der Waals surface area contributed by atoms with Crippen LogP contribution in [0.25, 0.3) is 22.3 Å². The van der Waals surface area contributed by atoms with E-state index in [4.69, 9.17) is 9.97 Å². The number of carbonyl (C=O) groups excluding carboxylic acids is 2. The molecule has 10 nitrogen and oxygen atoms in total. The van der Waals surface area contributed by atoms with Crippen molar-refractivity contribution in [3.8, 4) is 11.3 Å². The number of aromatic nitrogens is 5. The van der Waals surface area contributed by atoms with Crippen LogP contribution in [-0.2, 0) is 12.0 Å². The maximum atomic E-state index is 13.6. The summed E-state index contributed by atoms with van der Waals surface area (Å²) in [7, 11) is 0. The standard InChI is InChI=1S/C45H50N8O2/c1-28-10-8-20-46-39(28)37-12-7-13-38(40-29(2)11-9-21-47-40)53(37)23-22-48-44(55)36-25-35-41(50-27-51-42(35)52-36)32-14-15-33(30(3)24-32)26-49-43(54)31-16-18-34(19-17-31)45(4,5)6/h8-11,14-21,24-25,27,37-38H,7,12-13,22-23,26H2,1-6H3,(H,48,55)(H,49,54)(H,50,51,52)/t37-,38?/m0/s1. The molecule has 1 aliphatic rings. The number of carbonyl (C=O) groups is 2. The fourth-order valence-corrected chi connectivity index (χ4v) is 7.77. The number of nitrogens with zero attached hydrogens (tertiary/aromatic N) is 5. The normalized spacial score (nSPS) is 16.3. The number of hydrogen-bond donors (Lipinski definition) is 3. The summed E-state index contributed by atoms with van der Waals surface area (Å²) in [5.74, 6) is -0.311. The van der Waals surface area contributed by atoms with Gasteiger partial charge in [0.05, 0.1) is 29.2 Å². The van der Waals surface area contributed by atoms with Gasteiger partial charge in [-0.05, 0) is 110 Å². The molecule has 10 heteroatoms. The number of piperidine rings is 1. The first-order valence-corrected chi connectivity index (χ1v) is 19.2. The molecule has 1 fully saturated rings. The Kier molecular flexibility index (Phi) is 10.9. The molecule has 0 bridgehead atoms. The topological polar surface area (TPSA) is 129 Å². The number of H-pyrrole nitrogens is 1. The molecule has 5 heterocycles. The number of benzene rings is 2. The molecule has 0 saturated carbocycles. The van der Waals surface area contributed by atoms with Crippen LogP contribution in [0.15, 0.2) is 91.5 Å². The SMILES string of the molecule is Cc1cc(-c2ncnc3[nH]c(C(=O)NCCN4C(c5ncccc5C)CCC[C@H]4c4ncccc4C)cc23)ccc1CNC(=O)c1ccc(C(C)(C)C)cc1. The highest BCUT2D eigenvalue weighted by atomic mass is 16.2. The lowest BCUT2D eigenvalue weighted by molar-refractivity contribution is 0.0737. The van der Waals surface area contributed by atoms with E-state index in [-0.39, 0.29) is 29.3 Å². The van der Waals surface area contributed by atoms with E-state index >= 15 is 0 Å². The van der Waals surface area contributed by atoms with E-state index in [1.807, 2.05) is 73.9 Å². The molecule has 2 amide bonds. The van der Waals surface area contributed by atoms with Crippen LogP contribution in [0.3, 0.4) is 0 Å². The summed E-state index contributed by atoms with van der Waals surface area (Å²) in [4.78, 5) is 51.0. The van der Waals surface area contributed by atoms with E-state index in [1.165, 1.54) is 23.0 Å². The highest BCUT2D eigenvalue weighted by molar-refractivity contribution is 6.00. The average molecular weight is 735 g/mol. The number of nitrogens with one attached hydrogen (secondary N) is 3. The lowest BCUT2D eigenvalue weighted by Crippen LogP contribution is -2.42. The zero-order valence-electron chi connectivity index (χ0n) is 32.6. The second kappa shape index (κ2) is 15.9. The Morgan fingerprint density at radius 2 is 1.45 bits per heavy atom. The Labute approximate surface area is 323 Å². The minimum atomic E-state index is -0.201. The molecule has 7 rings (SSSR count). The zero-order chi connectivity index (χ0) is 38.7. The number of amides is 2. The lowest BCUT2D eigenvalue weighted by atomic mass is 9.87. The second-order valence-electron chi connectivity index (χ2n) is 15.7. The van der Waals surface area contributed by atoms with Crippen LogP contribution in [0.5, 0.6) is 0 Å². The van der Waals surface area contributed by atoms with Crippen LogP contribution >= 0.6 is 0 Å². The molecule has 282 valence electrons. The second-order valence-corrected chi connectivity index (χ2v) is 15.7. The van der Waals surface area contributed by atoms with Crippen LogP contribution in [0.4, 0.5) is 0 Å². The Bertz CT molecular complexity index is 2270. The number of aromatic amines is 1. The molecule has 2 atom stereocenters.